The van der Waals surface area contributed by atoms with Crippen LogP contribution in [0.3, 0.4) is 0 Å². The van der Waals surface area contributed by atoms with Crippen molar-refractivity contribution in [1.29, 1.82) is 0 Å². The predicted octanol–water partition coefficient (Wildman–Crippen LogP) is 2.42. The maximum Gasteiger partial charge on any atom is 0.267 e. The second-order valence-corrected chi connectivity index (χ2v) is 6.23. The third kappa shape index (κ3) is 2.83. The molecule has 0 spiro atoms. The molecule has 0 aromatic carbocycles. The fraction of sp³-hybridized carbons (Fsp3) is 0.692. The molecule has 1 aliphatic carbocycles. The lowest BCUT2D eigenvalue weighted by Crippen LogP contribution is -2.42. The zero-order chi connectivity index (χ0) is 14.0. The van der Waals surface area contributed by atoms with Gasteiger partial charge in [0.1, 0.15) is 10.7 Å². The number of thiazole rings is 1. The van der Waals surface area contributed by atoms with E-state index in [1.54, 1.807) is 7.05 Å². The summed E-state index contributed by atoms with van der Waals surface area (Å²) in [4.78, 5) is 19.1. The first-order chi connectivity index (χ1) is 9.04. The molecule has 2 atom stereocenters. The normalized spacial score (nSPS) is 23.1. The van der Waals surface area contributed by atoms with Crippen molar-refractivity contribution < 1.29 is 4.79 Å². The Morgan fingerprint density at radius 2 is 2.16 bits per heavy atom. The van der Waals surface area contributed by atoms with Crippen LogP contribution in [0.2, 0.25) is 0 Å². The van der Waals surface area contributed by atoms with E-state index in [1.165, 1.54) is 30.6 Å². The van der Waals surface area contributed by atoms with Gasteiger partial charge in [-0.25, -0.2) is 4.98 Å². The van der Waals surface area contributed by atoms with Crippen LogP contribution in [0.4, 0.5) is 10.9 Å². The maximum absolute atomic E-state index is 12.5. The smallest absolute Gasteiger partial charge is 0.267 e. The molecule has 5 nitrogen and oxygen atoms in total. The summed E-state index contributed by atoms with van der Waals surface area (Å²) >= 11 is 1.32. The van der Waals surface area contributed by atoms with Crippen LogP contribution >= 0.6 is 11.3 Å². The minimum atomic E-state index is -0.00440. The molecule has 0 aliphatic heterocycles. The lowest BCUT2D eigenvalue weighted by atomic mass is 9.85. The number of hydrogen-bond acceptors (Lipinski definition) is 5. The first-order valence-electron chi connectivity index (χ1n) is 6.75. The van der Waals surface area contributed by atoms with Crippen molar-refractivity contribution in [3.63, 3.8) is 0 Å². The Morgan fingerprint density at radius 1 is 1.47 bits per heavy atom. The Bertz CT molecular complexity index is 459. The zero-order valence-corrected chi connectivity index (χ0v) is 12.6. The van der Waals surface area contributed by atoms with Gasteiger partial charge in [0, 0.05) is 20.1 Å². The molecule has 1 saturated carbocycles. The van der Waals surface area contributed by atoms with E-state index in [0.717, 1.165) is 6.42 Å². The fourth-order valence-corrected chi connectivity index (χ4v) is 3.60. The molecule has 0 saturated heterocycles. The SMILES string of the molecule is CNc1nc(N)c(C(=O)N(C)C2CCCCC2C)s1. The summed E-state index contributed by atoms with van der Waals surface area (Å²) in [5.74, 6) is 0.880. The molecule has 0 bridgehead atoms. The van der Waals surface area contributed by atoms with Crippen LogP contribution in [0.5, 0.6) is 0 Å². The van der Waals surface area contributed by atoms with Gasteiger partial charge in [-0.3, -0.25) is 4.79 Å². The van der Waals surface area contributed by atoms with Gasteiger partial charge in [-0.1, -0.05) is 31.1 Å². The largest absolute Gasteiger partial charge is 0.382 e. The Balaban J connectivity index is 2.15. The van der Waals surface area contributed by atoms with Crippen LogP contribution in [0, 0.1) is 5.92 Å². The molecule has 3 N–H and O–H groups in total. The van der Waals surface area contributed by atoms with Crippen molar-refractivity contribution in [2.45, 2.75) is 38.6 Å². The fourth-order valence-electron chi connectivity index (χ4n) is 2.77. The van der Waals surface area contributed by atoms with Gasteiger partial charge < -0.3 is 16.0 Å². The summed E-state index contributed by atoms with van der Waals surface area (Å²) in [7, 11) is 3.66. The average Bonchev–Trinajstić information content (AvgIpc) is 2.79. The van der Waals surface area contributed by atoms with Crippen LogP contribution < -0.4 is 11.1 Å². The van der Waals surface area contributed by atoms with E-state index in [0.29, 0.717) is 27.8 Å². The topological polar surface area (TPSA) is 71.2 Å². The third-order valence-corrected chi connectivity index (χ3v) is 5.02. The number of nitrogen functional groups attached to an aromatic ring is 1. The molecule has 1 aromatic heterocycles. The molecule has 2 unspecified atom stereocenters. The molecule has 19 heavy (non-hydrogen) atoms. The Morgan fingerprint density at radius 3 is 2.74 bits per heavy atom. The molecule has 2 rings (SSSR count). The Labute approximate surface area is 118 Å². The molecule has 6 heteroatoms. The van der Waals surface area contributed by atoms with E-state index in [-0.39, 0.29) is 5.91 Å². The average molecular weight is 282 g/mol. The lowest BCUT2D eigenvalue weighted by molar-refractivity contribution is 0.0634. The first-order valence-corrected chi connectivity index (χ1v) is 7.57. The molecule has 0 radical (unpaired) electrons. The minimum absolute atomic E-state index is 0.00440. The highest BCUT2D eigenvalue weighted by Gasteiger charge is 2.30. The van der Waals surface area contributed by atoms with Crippen molar-refractivity contribution in [1.82, 2.24) is 9.88 Å². The van der Waals surface area contributed by atoms with E-state index < -0.39 is 0 Å². The molecular formula is C13H22N4OS. The lowest BCUT2D eigenvalue weighted by Gasteiger charge is -2.36. The van der Waals surface area contributed by atoms with Crippen molar-refractivity contribution in [2.24, 2.45) is 5.92 Å². The molecule has 1 heterocycles. The van der Waals surface area contributed by atoms with Gasteiger partial charge >= 0.3 is 0 Å². The first kappa shape index (κ1) is 14.1. The predicted molar refractivity (Wildman–Crippen MR) is 79.6 cm³/mol. The summed E-state index contributed by atoms with van der Waals surface area (Å²) in [6.45, 7) is 2.22. The van der Waals surface area contributed by atoms with E-state index in [1.807, 2.05) is 11.9 Å². The van der Waals surface area contributed by atoms with Gasteiger partial charge in [0.2, 0.25) is 0 Å². The number of amides is 1. The Kier molecular flexibility index (Phi) is 4.29. The molecule has 1 fully saturated rings. The van der Waals surface area contributed by atoms with Crippen LogP contribution in [0.15, 0.2) is 0 Å². The quantitative estimate of drug-likeness (QED) is 0.893. The molecular weight excluding hydrogens is 260 g/mol. The second kappa shape index (κ2) is 5.77. The Hall–Kier alpha value is -1.30. The van der Waals surface area contributed by atoms with Crippen LogP contribution in [-0.4, -0.2) is 35.9 Å². The highest BCUT2D eigenvalue weighted by molar-refractivity contribution is 7.18. The highest BCUT2D eigenvalue weighted by atomic mass is 32.1. The van der Waals surface area contributed by atoms with Gasteiger partial charge in [0.25, 0.3) is 5.91 Å². The number of hydrogen-bond donors (Lipinski definition) is 2. The second-order valence-electron chi connectivity index (χ2n) is 5.23. The standard InChI is InChI=1S/C13H22N4OS/c1-8-6-4-5-7-9(8)17(3)12(18)10-11(14)16-13(15-2)19-10/h8-9H,4-7,14H2,1-3H3,(H,15,16). The van der Waals surface area contributed by atoms with Gasteiger partial charge in [0.05, 0.1) is 0 Å². The van der Waals surface area contributed by atoms with Crippen molar-refractivity contribution >= 4 is 28.2 Å². The third-order valence-electron chi connectivity index (χ3n) is 3.95. The van der Waals surface area contributed by atoms with Crippen molar-refractivity contribution in [3.8, 4) is 0 Å². The monoisotopic (exact) mass is 282 g/mol. The van der Waals surface area contributed by atoms with Gasteiger partial charge in [-0.05, 0) is 18.8 Å². The van der Waals surface area contributed by atoms with Crippen LogP contribution in [-0.2, 0) is 0 Å². The van der Waals surface area contributed by atoms with E-state index in [9.17, 15) is 4.79 Å². The number of nitrogens with zero attached hydrogens (tertiary/aromatic N) is 2. The zero-order valence-electron chi connectivity index (χ0n) is 11.8. The van der Waals surface area contributed by atoms with Crippen LogP contribution in [0.25, 0.3) is 0 Å². The molecule has 1 amide bonds. The van der Waals surface area contributed by atoms with E-state index >= 15 is 0 Å². The summed E-state index contributed by atoms with van der Waals surface area (Å²) in [5.41, 5.74) is 5.83. The number of carbonyl (C=O) groups excluding carboxylic acids is 1. The highest BCUT2D eigenvalue weighted by Crippen LogP contribution is 2.31. The van der Waals surface area contributed by atoms with Crippen molar-refractivity contribution in [3.05, 3.63) is 4.88 Å². The maximum atomic E-state index is 12.5. The van der Waals surface area contributed by atoms with Gasteiger partial charge in [-0.2, -0.15) is 0 Å². The van der Waals surface area contributed by atoms with Crippen LogP contribution in [0.1, 0.15) is 42.3 Å². The minimum Gasteiger partial charge on any atom is -0.382 e. The van der Waals surface area contributed by atoms with Crippen molar-refractivity contribution in [2.75, 3.05) is 25.1 Å². The molecule has 106 valence electrons. The molecule has 1 aliphatic rings. The number of aromatic nitrogens is 1. The summed E-state index contributed by atoms with van der Waals surface area (Å²) < 4.78 is 0. The number of nitrogens with one attached hydrogen (secondary N) is 1. The van der Waals surface area contributed by atoms with E-state index in [4.69, 9.17) is 5.73 Å². The number of anilines is 2. The number of nitrogens with two attached hydrogens (primary N) is 1. The summed E-state index contributed by atoms with van der Waals surface area (Å²) in [6, 6.07) is 0.320. The summed E-state index contributed by atoms with van der Waals surface area (Å²) in [5, 5.41) is 3.61. The van der Waals surface area contributed by atoms with E-state index in [2.05, 4.69) is 17.2 Å². The number of rotatable bonds is 3. The molecule has 1 aromatic rings. The van der Waals surface area contributed by atoms with Gasteiger partial charge in [-0.15, -0.1) is 0 Å². The van der Waals surface area contributed by atoms with Gasteiger partial charge in [0.15, 0.2) is 5.13 Å². The summed E-state index contributed by atoms with van der Waals surface area (Å²) in [6.07, 6.45) is 4.75. The number of carbonyl (C=O) groups is 1.